The smallest absolute Gasteiger partial charge is 0.337 e. The van der Waals surface area contributed by atoms with Crippen LogP contribution in [-0.4, -0.2) is 62.1 Å². The number of nitrogens with two attached hydrogens (primary N) is 1. The monoisotopic (exact) mass is 1250 g/mol. The molecule has 0 unspecified atom stereocenters. The molecule has 0 heterocycles. The number of esters is 2. The predicted molar refractivity (Wildman–Crippen MR) is 349 cm³/mol. The zero-order valence-corrected chi connectivity index (χ0v) is 53.0. The van der Waals surface area contributed by atoms with Crippen LogP contribution in [0.3, 0.4) is 0 Å². The van der Waals surface area contributed by atoms with Gasteiger partial charge in [0.15, 0.2) is 0 Å². The van der Waals surface area contributed by atoms with Gasteiger partial charge in [0.2, 0.25) is 0 Å². The number of methoxy groups -OCH3 is 2. The first kappa shape index (κ1) is 91.3. The van der Waals surface area contributed by atoms with E-state index < -0.39 is 0 Å². The summed E-state index contributed by atoms with van der Waals surface area (Å²) < 4.78 is 19.4. The Balaban J connectivity index is -0.0000000777. The minimum absolute atomic E-state index is 0. The van der Waals surface area contributed by atoms with Gasteiger partial charge in [-0.05, 0) is 110 Å². The average Bonchev–Trinajstić information content (AvgIpc) is 3.49. The Labute approximate surface area is 482 Å². The van der Waals surface area contributed by atoms with E-state index in [0.717, 1.165) is 43.2 Å². The van der Waals surface area contributed by atoms with Crippen LogP contribution in [0.25, 0.3) is 0 Å². The van der Waals surface area contributed by atoms with Crippen molar-refractivity contribution in [2.24, 2.45) is 0 Å². The standard InChI is InChI=1S/C8H11N.2C8H8O2.2C8H10O.C6H7N.C2H4O.6C2H6.2CH3I.CH4/c1-2-9-8-6-4-3-5-7-8;2*1-10-8(9)7-5-3-2-4-6-7;2*1-2-9-8-6-4-3-5-7-8;7-6-4-2-1-3-5-6;1-2-3;8*1-2;/h3-7,9H,2H2,1H3;2*2-6H,1H3;2*3-7H,2H2,1H3;1-5H,7H2;2H,1H3;6*1-2H3;2*1H3;1H4. The van der Waals surface area contributed by atoms with Crippen molar-refractivity contribution >= 4 is 74.8 Å². The molecule has 0 aliphatic rings. The third kappa shape index (κ3) is 70.8. The minimum Gasteiger partial charge on any atom is -0.494 e. The summed E-state index contributed by atoms with van der Waals surface area (Å²) >= 11 is 4.30. The van der Waals surface area contributed by atoms with E-state index in [0.29, 0.717) is 11.1 Å². The lowest BCUT2D eigenvalue weighted by atomic mass is 10.2. The fourth-order valence-electron chi connectivity index (χ4n) is 3.96. The maximum Gasteiger partial charge on any atom is 0.337 e. The molecule has 0 saturated carbocycles. The number of nitrogens with one attached hydrogen (secondary N) is 1. The van der Waals surface area contributed by atoms with Crippen molar-refractivity contribution in [1.29, 1.82) is 0 Å². The molecule has 0 aliphatic carbocycles. The number of hydrogen-bond donors (Lipinski definition) is 2. The number of anilines is 2. The van der Waals surface area contributed by atoms with Crippen molar-refractivity contribution in [3.05, 3.63) is 193 Å². The first-order valence-corrected chi connectivity index (χ1v) is 29.5. The van der Waals surface area contributed by atoms with E-state index in [1.54, 1.807) is 48.5 Å². The second-order valence-electron chi connectivity index (χ2n) is 10.8. The molecule has 0 fully saturated rings. The van der Waals surface area contributed by atoms with E-state index in [-0.39, 0.29) is 19.4 Å². The van der Waals surface area contributed by atoms with Crippen molar-refractivity contribution < 1.29 is 33.3 Å². The van der Waals surface area contributed by atoms with E-state index in [9.17, 15) is 9.59 Å². The van der Waals surface area contributed by atoms with E-state index in [1.165, 1.54) is 26.8 Å². The number of hydrogen-bond acceptors (Lipinski definition) is 9. The lowest BCUT2D eigenvalue weighted by Crippen LogP contribution is -1.99. The van der Waals surface area contributed by atoms with Gasteiger partial charge >= 0.3 is 11.9 Å². The average molecular weight is 1260 g/mol. The summed E-state index contributed by atoms with van der Waals surface area (Å²) in [5.41, 5.74) is 8.55. The predicted octanol–water partition coefficient (Wildman–Crippen LogP) is 19.6. The number of rotatable bonds is 8. The van der Waals surface area contributed by atoms with Gasteiger partial charge in [0.25, 0.3) is 0 Å². The highest BCUT2D eigenvalue weighted by atomic mass is 127. The molecular formula is C63H104I2N2O7. The van der Waals surface area contributed by atoms with E-state index in [2.05, 4.69) is 79.0 Å². The number of aldehydes is 1. The van der Waals surface area contributed by atoms with Crippen molar-refractivity contribution in [3.8, 4) is 11.5 Å². The summed E-state index contributed by atoms with van der Waals surface area (Å²) in [4.78, 5) is 34.3. The molecule has 6 rings (SSSR count). The Morgan fingerprint density at radius 1 is 0.446 bits per heavy atom. The van der Waals surface area contributed by atoms with Gasteiger partial charge in [-0.3, -0.25) is 0 Å². The highest BCUT2D eigenvalue weighted by Crippen LogP contribution is 2.08. The summed E-state index contributed by atoms with van der Waals surface area (Å²) in [5, 5.41) is 3.21. The van der Waals surface area contributed by atoms with Crippen LogP contribution in [0.2, 0.25) is 0 Å². The van der Waals surface area contributed by atoms with Crippen LogP contribution in [0.15, 0.2) is 182 Å². The maximum atomic E-state index is 10.8. The first-order chi connectivity index (χ1) is 35.8. The molecule has 74 heavy (non-hydrogen) atoms. The molecule has 6 aromatic rings. The van der Waals surface area contributed by atoms with E-state index in [4.69, 9.17) is 20.0 Å². The lowest BCUT2D eigenvalue weighted by Gasteiger charge is -1.99. The summed E-state index contributed by atoms with van der Waals surface area (Å²) in [6, 6.07) is 57.0. The van der Waals surface area contributed by atoms with Gasteiger partial charge in [0.1, 0.15) is 17.8 Å². The molecule has 3 N–H and O–H groups in total. The van der Waals surface area contributed by atoms with Crippen molar-refractivity contribution in [2.45, 2.75) is 118 Å². The number of carbonyl (C=O) groups is 3. The van der Waals surface area contributed by atoms with Crippen LogP contribution >= 0.6 is 45.2 Å². The second-order valence-corrected chi connectivity index (χ2v) is 10.8. The molecule has 0 amide bonds. The maximum absolute atomic E-state index is 10.8. The van der Waals surface area contributed by atoms with Gasteiger partial charge in [-0.1, -0.05) is 245 Å². The Hall–Kier alpha value is -5.41. The van der Waals surface area contributed by atoms with Gasteiger partial charge < -0.3 is 34.8 Å². The Morgan fingerprint density at radius 3 is 0.851 bits per heavy atom. The quantitative estimate of drug-likeness (QED) is 0.0504. The van der Waals surface area contributed by atoms with Crippen molar-refractivity contribution in [3.63, 3.8) is 0 Å². The van der Waals surface area contributed by atoms with Crippen LogP contribution in [0.4, 0.5) is 11.4 Å². The van der Waals surface area contributed by atoms with Gasteiger partial charge in [-0.2, -0.15) is 0 Å². The molecule has 0 bridgehead atoms. The van der Waals surface area contributed by atoms with Crippen molar-refractivity contribution in [2.75, 3.05) is 54.9 Å². The minimum atomic E-state index is -0.291. The molecule has 9 nitrogen and oxygen atoms in total. The number of ether oxygens (including phenoxy) is 4. The fraction of sp³-hybridized carbons (Fsp3) is 0.381. The summed E-state index contributed by atoms with van der Waals surface area (Å²) in [5.74, 6) is 1.31. The second kappa shape index (κ2) is 90.4. The number of halogens is 2. The third-order valence-electron chi connectivity index (χ3n) is 6.45. The summed E-state index contributed by atoms with van der Waals surface area (Å²) in [6.07, 6.45) is 0.750. The summed E-state index contributed by atoms with van der Waals surface area (Å²) in [6.45, 7) is 34.0. The van der Waals surface area contributed by atoms with Gasteiger partial charge in [-0.15, -0.1) is 0 Å². The Morgan fingerprint density at radius 2 is 0.662 bits per heavy atom. The third-order valence-corrected chi connectivity index (χ3v) is 6.45. The number of para-hydroxylation sites is 4. The molecule has 0 atom stereocenters. The van der Waals surface area contributed by atoms with E-state index >= 15 is 0 Å². The van der Waals surface area contributed by atoms with Crippen LogP contribution < -0.4 is 20.5 Å². The highest BCUT2D eigenvalue weighted by Gasteiger charge is 2.01. The molecular weight excluding hydrogens is 1150 g/mol. The number of carbonyl (C=O) groups excluding carboxylic acids is 3. The highest BCUT2D eigenvalue weighted by molar-refractivity contribution is 14.1. The van der Waals surface area contributed by atoms with Crippen LogP contribution in [-0.2, 0) is 14.3 Å². The molecule has 422 valence electrons. The number of nitrogen functional groups attached to an aromatic ring is 1. The molecule has 0 spiro atoms. The van der Waals surface area contributed by atoms with Gasteiger partial charge in [0.05, 0.1) is 38.6 Å². The van der Waals surface area contributed by atoms with Crippen LogP contribution in [0, 0.1) is 0 Å². The van der Waals surface area contributed by atoms with Crippen LogP contribution in [0.5, 0.6) is 11.5 Å². The van der Waals surface area contributed by atoms with Gasteiger partial charge in [-0.25, -0.2) is 9.59 Å². The molecule has 0 saturated heterocycles. The van der Waals surface area contributed by atoms with Crippen molar-refractivity contribution in [1.82, 2.24) is 0 Å². The molecule has 0 aliphatic heterocycles. The Bertz CT molecular complexity index is 1650. The normalized spacial score (nSPS) is 7.32. The first-order valence-electron chi connectivity index (χ1n) is 25.2. The molecule has 0 radical (unpaired) electrons. The van der Waals surface area contributed by atoms with E-state index in [1.807, 2.05) is 228 Å². The zero-order chi connectivity index (χ0) is 58.2. The molecule has 11 heteroatoms. The molecule has 6 aromatic carbocycles. The largest absolute Gasteiger partial charge is 0.494 e. The topological polar surface area (TPSA) is 126 Å². The summed E-state index contributed by atoms with van der Waals surface area (Å²) in [7, 11) is 2.74. The zero-order valence-electron chi connectivity index (χ0n) is 48.7. The lowest BCUT2D eigenvalue weighted by molar-refractivity contribution is -0.106. The number of alkyl halides is 2. The number of benzene rings is 6. The van der Waals surface area contributed by atoms with Gasteiger partial charge in [0, 0.05) is 17.9 Å². The SMILES string of the molecule is C.CC.CC.CC.CC.CC.CC.CC=O.CCNc1ccccc1.CCOc1ccccc1.CCOc1ccccc1.CI.CI.COC(=O)c1ccccc1.COC(=O)c1ccccc1.Nc1ccccc1. The van der Waals surface area contributed by atoms with Crippen LogP contribution in [0.1, 0.15) is 139 Å². The Kier molecular flexibility index (Phi) is 111. The fourth-order valence-corrected chi connectivity index (χ4v) is 3.96. The molecule has 0 aromatic heterocycles.